The molecule has 3 rings (SSSR count). The van der Waals surface area contributed by atoms with E-state index in [1.54, 1.807) is 13.3 Å². The third-order valence-corrected chi connectivity index (χ3v) is 3.91. The SMILES string of the molecule is COCc1cccc(NC(=O)CCn2ncc3cc(Cl)ccc32)c1. The molecule has 1 N–H and O–H groups in total. The van der Waals surface area contributed by atoms with Crippen molar-refractivity contribution in [3.8, 4) is 0 Å². The molecule has 0 bridgehead atoms. The van der Waals surface area contributed by atoms with Gasteiger partial charge >= 0.3 is 0 Å². The van der Waals surface area contributed by atoms with Gasteiger partial charge in [0.25, 0.3) is 0 Å². The molecule has 3 aromatic rings. The number of aromatic nitrogens is 2. The van der Waals surface area contributed by atoms with Crippen LogP contribution in [-0.4, -0.2) is 22.8 Å². The number of nitrogens with zero attached hydrogens (tertiary/aromatic N) is 2. The Morgan fingerprint density at radius 3 is 3.00 bits per heavy atom. The maximum Gasteiger partial charge on any atom is 0.226 e. The predicted molar refractivity (Wildman–Crippen MR) is 95.1 cm³/mol. The molecule has 0 unspecified atom stereocenters. The van der Waals surface area contributed by atoms with Gasteiger partial charge in [0.2, 0.25) is 5.91 Å². The molecule has 0 atom stereocenters. The van der Waals surface area contributed by atoms with E-state index < -0.39 is 0 Å². The van der Waals surface area contributed by atoms with E-state index in [0.29, 0.717) is 24.6 Å². The van der Waals surface area contributed by atoms with E-state index >= 15 is 0 Å². The molecule has 1 amide bonds. The first-order valence-electron chi connectivity index (χ1n) is 7.64. The summed E-state index contributed by atoms with van der Waals surface area (Å²) >= 11 is 5.97. The summed E-state index contributed by atoms with van der Waals surface area (Å²) < 4.78 is 6.91. The van der Waals surface area contributed by atoms with Crippen molar-refractivity contribution in [3.63, 3.8) is 0 Å². The second-order valence-electron chi connectivity index (χ2n) is 5.50. The average Bonchev–Trinajstić information content (AvgIpc) is 2.95. The predicted octanol–water partition coefficient (Wildman–Crippen LogP) is 3.86. The Kier molecular flexibility index (Phi) is 5.13. The second kappa shape index (κ2) is 7.47. The molecule has 0 fully saturated rings. The quantitative estimate of drug-likeness (QED) is 0.739. The van der Waals surface area contributed by atoms with Crippen LogP contribution in [0.3, 0.4) is 0 Å². The zero-order valence-electron chi connectivity index (χ0n) is 13.3. The number of nitrogens with one attached hydrogen (secondary N) is 1. The number of ether oxygens (including phenoxy) is 1. The second-order valence-corrected chi connectivity index (χ2v) is 5.94. The smallest absolute Gasteiger partial charge is 0.226 e. The van der Waals surface area contributed by atoms with Crippen molar-refractivity contribution in [2.45, 2.75) is 19.6 Å². The Morgan fingerprint density at radius 1 is 1.29 bits per heavy atom. The molecule has 0 saturated heterocycles. The summed E-state index contributed by atoms with van der Waals surface area (Å²) in [5.74, 6) is -0.0535. The van der Waals surface area contributed by atoms with Crippen LogP contribution in [0, 0.1) is 0 Å². The normalized spacial score (nSPS) is 10.9. The largest absolute Gasteiger partial charge is 0.380 e. The Balaban J connectivity index is 1.61. The molecular formula is C18H18ClN3O2. The molecule has 0 spiro atoms. The summed E-state index contributed by atoms with van der Waals surface area (Å²) in [4.78, 5) is 12.2. The van der Waals surface area contributed by atoms with Crippen molar-refractivity contribution in [1.29, 1.82) is 0 Å². The lowest BCUT2D eigenvalue weighted by molar-refractivity contribution is -0.116. The van der Waals surface area contributed by atoms with E-state index in [1.165, 1.54) is 0 Å². The highest BCUT2D eigenvalue weighted by atomic mass is 35.5. The van der Waals surface area contributed by atoms with Gasteiger partial charge in [-0.3, -0.25) is 9.48 Å². The zero-order chi connectivity index (χ0) is 16.9. The lowest BCUT2D eigenvalue weighted by Gasteiger charge is -2.08. The molecule has 1 aromatic heterocycles. The molecule has 0 aliphatic heterocycles. The number of carbonyl (C=O) groups excluding carboxylic acids is 1. The van der Waals surface area contributed by atoms with E-state index in [4.69, 9.17) is 16.3 Å². The maximum atomic E-state index is 12.2. The minimum absolute atomic E-state index is 0.0535. The van der Waals surface area contributed by atoms with Crippen molar-refractivity contribution in [2.75, 3.05) is 12.4 Å². The van der Waals surface area contributed by atoms with Gasteiger partial charge in [0.15, 0.2) is 0 Å². The monoisotopic (exact) mass is 343 g/mol. The Labute approximate surface area is 145 Å². The van der Waals surface area contributed by atoms with Crippen LogP contribution in [0.2, 0.25) is 5.02 Å². The molecule has 1 heterocycles. The van der Waals surface area contributed by atoms with Gasteiger partial charge in [0.1, 0.15) is 0 Å². The van der Waals surface area contributed by atoms with Gasteiger partial charge in [-0.2, -0.15) is 5.10 Å². The summed E-state index contributed by atoms with van der Waals surface area (Å²) in [5, 5.41) is 8.86. The Bertz CT molecular complexity index is 860. The minimum atomic E-state index is -0.0535. The van der Waals surface area contributed by atoms with Gasteiger partial charge in [0.05, 0.1) is 24.9 Å². The highest BCUT2D eigenvalue weighted by Gasteiger charge is 2.07. The standard InChI is InChI=1S/C18H18ClN3O2/c1-24-12-13-3-2-4-16(9-13)21-18(23)7-8-22-17-6-5-15(19)10-14(17)11-20-22/h2-6,9-11H,7-8,12H2,1H3,(H,21,23). The summed E-state index contributed by atoms with van der Waals surface area (Å²) in [5.41, 5.74) is 2.76. The number of amides is 1. The third kappa shape index (κ3) is 3.93. The van der Waals surface area contributed by atoms with Crippen LogP contribution in [0.25, 0.3) is 10.9 Å². The van der Waals surface area contributed by atoms with Gasteiger partial charge in [-0.25, -0.2) is 0 Å². The van der Waals surface area contributed by atoms with E-state index in [2.05, 4.69) is 10.4 Å². The molecule has 6 heteroatoms. The fourth-order valence-electron chi connectivity index (χ4n) is 2.57. The van der Waals surface area contributed by atoms with E-state index in [9.17, 15) is 4.79 Å². The topological polar surface area (TPSA) is 56.1 Å². The van der Waals surface area contributed by atoms with Gasteiger partial charge in [-0.15, -0.1) is 0 Å². The van der Waals surface area contributed by atoms with Crippen LogP contribution in [0.4, 0.5) is 5.69 Å². The number of fused-ring (bicyclic) bond motifs is 1. The van der Waals surface area contributed by atoms with E-state index in [0.717, 1.165) is 22.2 Å². The molecule has 0 aliphatic carbocycles. The Morgan fingerprint density at radius 2 is 2.17 bits per heavy atom. The summed E-state index contributed by atoms with van der Waals surface area (Å²) in [6.07, 6.45) is 2.10. The van der Waals surface area contributed by atoms with Crippen molar-refractivity contribution in [2.24, 2.45) is 0 Å². The first-order valence-corrected chi connectivity index (χ1v) is 8.02. The summed E-state index contributed by atoms with van der Waals surface area (Å²) in [6.45, 7) is 1.03. The van der Waals surface area contributed by atoms with Gasteiger partial charge in [-0.1, -0.05) is 23.7 Å². The lowest BCUT2D eigenvalue weighted by Crippen LogP contribution is -2.15. The molecular weight excluding hydrogens is 326 g/mol. The third-order valence-electron chi connectivity index (χ3n) is 3.68. The minimum Gasteiger partial charge on any atom is -0.380 e. The number of hydrogen-bond acceptors (Lipinski definition) is 3. The molecule has 0 aliphatic rings. The molecule has 2 aromatic carbocycles. The van der Waals surface area contributed by atoms with Crippen LogP contribution < -0.4 is 5.32 Å². The summed E-state index contributed by atoms with van der Waals surface area (Å²) in [7, 11) is 1.65. The zero-order valence-corrected chi connectivity index (χ0v) is 14.1. The highest BCUT2D eigenvalue weighted by Crippen LogP contribution is 2.19. The van der Waals surface area contributed by atoms with Crippen LogP contribution in [0.15, 0.2) is 48.7 Å². The van der Waals surface area contributed by atoms with E-state index in [-0.39, 0.29) is 5.91 Å². The van der Waals surface area contributed by atoms with Crippen molar-refractivity contribution in [1.82, 2.24) is 9.78 Å². The van der Waals surface area contributed by atoms with Crippen molar-refractivity contribution >= 4 is 34.1 Å². The summed E-state index contributed by atoms with van der Waals surface area (Å²) in [6, 6.07) is 13.2. The number of halogens is 1. The molecule has 5 nitrogen and oxygen atoms in total. The Hall–Kier alpha value is -2.37. The number of methoxy groups -OCH3 is 1. The van der Waals surface area contributed by atoms with Crippen LogP contribution in [0.5, 0.6) is 0 Å². The number of benzene rings is 2. The fraction of sp³-hybridized carbons (Fsp3) is 0.222. The molecule has 0 saturated carbocycles. The van der Waals surface area contributed by atoms with Gasteiger partial charge in [-0.05, 0) is 35.9 Å². The van der Waals surface area contributed by atoms with Crippen molar-refractivity contribution in [3.05, 3.63) is 59.2 Å². The number of carbonyl (C=O) groups is 1. The molecule has 124 valence electrons. The first kappa shape index (κ1) is 16.5. The number of anilines is 1. The maximum absolute atomic E-state index is 12.2. The van der Waals surface area contributed by atoms with Crippen LogP contribution in [-0.2, 0) is 22.7 Å². The lowest BCUT2D eigenvalue weighted by atomic mass is 10.2. The van der Waals surface area contributed by atoms with Crippen LogP contribution >= 0.6 is 11.6 Å². The van der Waals surface area contributed by atoms with Crippen molar-refractivity contribution < 1.29 is 9.53 Å². The van der Waals surface area contributed by atoms with Crippen LogP contribution in [0.1, 0.15) is 12.0 Å². The number of hydrogen-bond donors (Lipinski definition) is 1. The highest BCUT2D eigenvalue weighted by molar-refractivity contribution is 6.31. The number of rotatable bonds is 6. The van der Waals surface area contributed by atoms with E-state index in [1.807, 2.05) is 47.1 Å². The average molecular weight is 344 g/mol. The number of aryl methyl sites for hydroxylation is 1. The fourth-order valence-corrected chi connectivity index (χ4v) is 2.75. The molecule has 24 heavy (non-hydrogen) atoms. The molecule has 0 radical (unpaired) electrons. The first-order chi connectivity index (χ1) is 11.7. The van der Waals surface area contributed by atoms with Gasteiger partial charge in [0, 0.05) is 29.6 Å². The van der Waals surface area contributed by atoms with Gasteiger partial charge < -0.3 is 10.1 Å².